The second-order valence-electron chi connectivity index (χ2n) is 5.99. The third-order valence-electron chi connectivity index (χ3n) is 4.02. The molecule has 1 aliphatic rings. The Hall–Kier alpha value is -2.42. The molecule has 0 spiro atoms. The molecule has 2 aromatic carbocycles. The van der Waals surface area contributed by atoms with E-state index in [-0.39, 0.29) is 16.9 Å². The number of primary sulfonamides is 1. The fraction of sp³-hybridized carbons (Fsp3) is 0.278. The van der Waals surface area contributed by atoms with Crippen molar-refractivity contribution in [3.8, 4) is 5.75 Å². The minimum absolute atomic E-state index is 0.0109. The van der Waals surface area contributed by atoms with Crippen LogP contribution in [-0.4, -0.2) is 33.6 Å². The summed E-state index contributed by atoms with van der Waals surface area (Å²) in [5, 5.41) is 7.74. The Bertz CT molecular complexity index is 857. The molecule has 1 fully saturated rings. The summed E-state index contributed by atoms with van der Waals surface area (Å²) >= 11 is 0. The smallest absolute Gasteiger partial charge is 0.255 e. The molecule has 1 atom stereocenters. The quantitative estimate of drug-likeness (QED) is 0.803. The first-order valence-electron chi connectivity index (χ1n) is 8.20. The van der Waals surface area contributed by atoms with Crippen LogP contribution < -0.4 is 15.2 Å². The maximum Gasteiger partial charge on any atom is 0.255 e. The fourth-order valence-electron chi connectivity index (χ4n) is 2.60. The van der Waals surface area contributed by atoms with Crippen LogP contribution in [0.4, 0.5) is 5.69 Å². The second kappa shape index (κ2) is 7.86. The van der Waals surface area contributed by atoms with Crippen molar-refractivity contribution in [1.29, 1.82) is 0 Å². The monoisotopic (exact) mass is 376 g/mol. The Kier molecular flexibility index (Phi) is 5.55. The van der Waals surface area contributed by atoms with E-state index in [1.807, 2.05) is 0 Å². The van der Waals surface area contributed by atoms with Gasteiger partial charge < -0.3 is 14.8 Å². The molecule has 1 saturated heterocycles. The lowest BCUT2D eigenvalue weighted by Gasteiger charge is -2.12. The number of sulfonamides is 1. The molecule has 0 saturated carbocycles. The standard InChI is InChI=1S/C18H20N2O5S/c19-26(22,23)17-9-5-14(6-10-17)20-18(21)13-3-7-15(8-4-13)25-12-16-2-1-11-24-16/h3-10,16H,1-2,11-12H2,(H,20,21)(H2,19,22,23)/t16-/m1/s1. The van der Waals surface area contributed by atoms with E-state index < -0.39 is 10.0 Å². The number of ether oxygens (including phenoxy) is 2. The zero-order chi connectivity index (χ0) is 18.6. The summed E-state index contributed by atoms with van der Waals surface area (Å²) in [6.07, 6.45) is 2.20. The Balaban J connectivity index is 1.57. The van der Waals surface area contributed by atoms with Crippen LogP contribution in [0, 0.1) is 0 Å². The van der Waals surface area contributed by atoms with Crippen molar-refractivity contribution >= 4 is 21.6 Å². The van der Waals surface area contributed by atoms with E-state index in [4.69, 9.17) is 14.6 Å². The summed E-state index contributed by atoms with van der Waals surface area (Å²) in [7, 11) is -3.75. The first-order chi connectivity index (χ1) is 12.4. The number of benzene rings is 2. The van der Waals surface area contributed by atoms with Gasteiger partial charge in [0.05, 0.1) is 11.0 Å². The van der Waals surface area contributed by atoms with E-state index in [2.05, 4.69) is 5.32 Å². The number of hydrogen-bond donors (Lipinski definition) is 2. The minimum Gasteiger partial charge on any atom is -0.491 e. The molecule has 26 heavy (non-hydrogen) atoms. The number of anilines is 1. The molecule has 7 nitrogen and oxygen atoms in total. The van der Waals surface area contributed by atoms with Gasteiger partial charge in [0.2, 0.25) is 10.0 Å². The molecule has 3 N–H and O–H groups in total. The molecule has 0 radical (unpaired) electrons. The molecule has 0 unspecified atom stereocenters. The number of nitrogens with two attached hydrogens (primary N) is 1. The third-order valence-corrected chi connectivity index (χ3v) is 4.95. The average molecular weight is 376 g/mol. The van der Waals surface area contributed by atoms with Gasteiger partial charge in [-0.1, -0.05) is 0 Å². The fourth-order valence-corrected chi connectivity index (χ4v) is 3.11. The van der Waals surface area contributed by atoms with E-state index in [1.54, 1.807) is 24.3 Å². The molecule has 2 aromatic rings. The van der Waals surface area contributed by atoms with E-state index in [0.29, 0.717) is 23.6 Å². The number of hydrogen-bond acceptors (Lipinski definition) is 5. The number of carbonyl (C=O) groups is 1. The summed E-state index contributed by atoms with van der Waals surface area (Å²) in [6.45, 7) is 1.28. The van der Waals surface area contributed by atoms with E-state index >= 15 is 0 Å². The van der Waals surface area contributed by atoms with Crippen LogP contribution >= 0.6 is 0 Å². The Labute approximate surface area is 152 Å². The topological polar surface area (TPSA) is 108 Å². The minimum atomic E-state index is -3.75. The van der Waals surface area contributed by atoms with E-state index in [9.17, 15) is 13.2 Å². The zero-order valence-electron chi connectivity index (χ0n) is 14.1. The van der Waals surface area contributed by atoms with Crippen molar-refractivity contribution in [3.63, 3.8) is 0 Å². The highest BCUT2D eigenvalue weighted by atomic mass is 32.2. The molecule has 3 rings (SSSR count). The predicted octanol–water partition coefficient (Wildman–Crippen LogP) is 2.14. The van der Waals surface area contributed by atoms with Gasteiger partial charge in [-0.3, -0.25) is 4.79 Å². The lowest BCUT2D eigenvalue weighted by Crippen LogP contribution is -2.16. The van der Waals surface area contributed by atoms with Crippen LogP contribution in [0.25, 0.3) is 0 Å². The van der Waals surface area contributed by atoms with Crippen LogP contribution in [0.5, 0.6) is 5.75 Å². The summed E-state index contributed by atoms with van der Waals surface area (Å²) < 4.78 is 33.6. The highest BCUT2D eigenvalue weighted by Gasteiger charge is 2.16. The highest BCUT2D eigenvalue weighted by Crippen LogP contribution is 2.18. The van der Waals surface area contributed by atoms with Crippen molar-refractivity contribution < 1.29 is 22.7 Å². The third kappa shape index (κ3) is 4.81. The summed E-state index contributed by atoms with van der Waals surface area (Å²) in [4.78, 5) is 12.2. The molecule has 1 heterocycles. The first-order valence-corrected chi connectivity index (χ1v) is 9.75. The molecule has 8 heteroatoms. The Morgan fingerprint density at radius 1 is 1.15 bits per heavy atom. The van der Waals surface area contributed by atoms with Crippen molar-refractivity contribution in [2.75, 3.05) is 18.5 Å². The highest BCUT2D eigenvalue weighted by molar-refractivity contribution is 7.89. The van der Waals surface area contributed by atoms with Crippen LogP contribution in [-0.2, 0) is 14.8 Å². The van der Waals surface area contributed by atoms with Gasteiger partial charge in [0.15, 0.2) is 0 Å². The lowest BCUT2D eigenvalue weighted by molar-refractivity contribution is 0.0679. The second-order valence-corrected chi connectivity index (χ2v) is 7.56. The number of nitrogens with one attached hydrogen (secondary N) is 1. The van der Waals surface area contributed by atoms with Gasteiger partial charge in [0.1, 0.15) is 12.4 Å². The maximum atomic E-state index is 12.3. The molecular formula is C18H20N2O5S. The zero-order valence-corrected chi connectivity index (χ0v) is 14.9. The van der Waals surface area contributed by atoms with Gasteiger partial charge in [0, 0.05) is 17.9 Å². The summed E-state index contributed by atoms with van der Waals surface area (Å²) in [5.74, 6) is 0.369. The number of amides is 1. The van der Waals surface area contributed by atoms with Gasteiger partial charge in [-0.25, -0.2) is 13.6 Å². The Morgan fingerprint density at radius 2 is 1.85 bits per heavy atom. The maximum absolute atomic E-state index is 12.3. The normalized spacial score (nSPS) is 17.0. The van der Waals surface area contributed by atoms with E-state index in [0.717, 1.165) is 19.4 Å². The number of rotatable bonds is 6. The van der Waals surface area contributed by atoms with Gasteiger partial charge in [0.25, 0.3) is 5.91 Å². The van der Waals surface area contributed by atoms with Crippen molar-refractivity contribution in [3.05, 3.63) is 54.1 Å². The number of carbonyl (C=O) groups excluding carboxylic acids is 1. The predicted molar refractivity (Wildman–Crippen MR) is 96.7 cm³/mol. The van der Waals surface area contributed by atoms with Crippen molar-refractivity contribution in [1.82, 2.24) is 0 Å². The van der Waals surface area contributed by atoms with Gasteiger partial charge in [-0.05, 0) is 61.4 Å². The van der Waals surface area contributed by atoms with Crippen LogP contribution in [0.3, 0.4) is 0 Å². The van der Waals surface area contributed by atoms with Crippen LogP contribution in [0.15, 0.2) is 53.4 Å². The van der Waals surface area contributed by atoms with Gasteiger partial charge in [-0.15, -0.1) is 0 Å². The van der Waals surface area contributed by atoms with Crippen LogP contribution in [0.1, 0.15) is 23.2 Å². The molecular weight excluding hydrogens is 356 g/mol. The molecule has 0 aliphatic carbocycles. The average Bonchev–Trinajstić information content (AvgIpc) is 3.13. The largest absolute Gasteiger partial charge is 0.491 e. The molecule has 1 amide bonds. The van der Waals surface area contributed by atoms with Crippen molar-refractivity contribution in [2.24, 2.45) is 5.14 Å². The lowest BCUT2D eigenvalue weighted by atomic mass is 10.2. The summed E-state index contributed by atoms with van der Waals surface area (Å²) in [6, 6.07) is 12.4. The van der Waals surface area contributed by atoms with Crippen molar-refractivity contribution in [2.45, 2.75) is 23.8 Å². The molecule has 0 bridgehead atoms. The van der Waals surface area contributed by atoms with Crippen LogP contribution in [0.2, 0.25) is 0 Å². The molecule has 0 aromatic heterocycles. The Morgan fingerprint density at radius 3 is 2.42 bits per heavy atom. The first kappa shape index (κ1) is 18.4. The molecule has 138 valence electrons. The summed E-state index contributed by atoms with van der Waals surface area (Å²) in [5.41, 5.74) is 0.936. The SMILES string of the molecule is NS(=O)(=O)c1ccc(NC(=O)c2ccc(OC[C@H]3CCCO3)cc2)cc1. The van der Waals surface area contributed by atoms with Gasteiger partial charge >= 0.3 is 0 Å². The van der Waals surface area contributed by atoms with Gasteiger partial charge in [-0.2, -0.15) is 0 Å². The van der Waals surface area contributed by atoms with E-state index in [1.165, 1.54) is 24.3 Å². The molecule has 1 aliphatic heterocycles.